The monoisotopic (exact) mass is 267 g/mol. The molecule has 1 fully saturated rings. The normalized spacial score (nSPS) is 22.6. The predicted octanol–water partition coefficient (Wildman–Crippen LogP) is 3.48. The lowest BCUT2D eigenvalue weighted by Crippen LogP contribution is -2.68. The van der Waals surface area contributed by atoms with Gasteiger partial charge in [0.25, 0.3) is 0 Å². The van der Waals surface area contributed by atoms with Gasteiger partial charge in [0.2, 0.25) is 0 Å². The Morgan fingerprint density at radius 1 is 0.765 bits per heavy atom. The molecule has 0 saturated heterocycles. The van der Waals surface area contributed by atoms with Gasteiger partial charge in [-0.2, -0.15) is 30.7 Å². The Balaban J connectivity index is 3.08. The molecule has 0 aromatic carbocycles. The van der Waals surface area contributed by atoms with Crippen LogP contribution in [0, 0.1) is 0 Å². The van der Waals surface area contributed by atoms with Gasteiger partial charge in [0.1, 0.15) is 0 Å². The molecule has 17 heavy (non-hydrogen) atoms. The molecule has 0 heterocycles. The van der Waals surface area contributed by atoms with E-state index in [1.54, 1.807) is 0 Å². The number of halogens is 7. The maximum atomic E-state index is 13.4. The molecule has 1 rings (SSSR count). The Bertz CT molecular complexity index is 278. The predicted molar refractivity (Wildman–Crippen MR) is 46.0 cm³/mol. The van der Waals surface area contributed by atoms with Gasteiger partial charge < -0.3 is 5.73 Å². The van der Waals surface area contributed by atoms with Gasteiger partial charge in [-0.15, -0.1) is 0 Å². The van der Waals surface area contributed by atoms with E-state index in [2.05, 4.69) is 0 Å². The van der Waals surface area contributed by atoms with Crippen molar-refractivity contribution in [3.63, 3.8) is 0 Å². The van der Waals surface area contributed by atoms with Crippen LogP contribution in [0.15, 0.2) is 0 Å². The summed E-state index contributed by atoms with van der Waals surface area (Å²) in [7, 11) is 0. The van der Waals surface area contributed by atoms with Crippen LogP contribution in [0.3, 0.4) is 0 Å². The number of nitrogens with two attached hydrogens (primary N) is 1. The molecule has 0 spiro atoms. The van der Waals surface area contributed by atoms with Crippen LogP contribution in [0.1, 0.15) is 32.1 Å². The third-order valence-corrected chi connectivity index (χ3v) is 3.12. The highest BCUT2D eigenvalue weighted by Crippen LogP contribution is 2.53. The van der Waals surface area contributed by atoms with Crippen molar-refractivity contribution < 1.29 is 30.7 Å². The van der Waals surface area contributed by atoms with E-state index < -0.39 is 36.4 Å². The Hall–Kier alpha value is -0.530. The van der Waals surface area contributed by atoms with Gasteiger partial charge in [-0.05, 0) is 12.8 Å². The molecule has 0 aliphatic heterocycles. The van der Waals surface area contributed by atoms with Gasteiger partial charge in [-0.1, -0.05) is 19.3 Å². The second-order valence-electron chi connectivity index (χ2n) is 4.36. The Morgan fingerprint density at radius 2 is 1.18 bits per heavy atom. The average molecular weight is 267 g/mol. The number of hydrogen-bond acceptors (Lipinski definition) is 1. The molecule has 8 heteroatoms. The van der Waals surface area contributed by atoms with Crippen molar-refractivity contribution in [2.24, 2.45) is 5.73 Å². The summed E-state index contributed by atoms with van der Waals surface area (Å²) >= 11 is 0. The maximum Gasteiger partial charge on any atom is 0.459 e. The fourth-order valence-electron chi connectivity index (χ4n) is 1.99. The molecular formula is C9H12F7N. The molecule has 0 amide bonds. The SMILES string of the molecule is NC1(C(F)(F)C(F)(F)C(F)(F)F)CCCCC1. The molecule has 0 bridgehead atoms. The highest BCUT2D eigenvalue weighted by atomic mass is 19.4. The van der Waals surface area contributed by atoms with Gasteiger partial charge >= 0.3 is 18.0 Å². The van der Waals surface area contributed by atoms with E-state index in [4.69, 9.17) is 5.73 Å². The summed E-state index contributed by atoms with van der Waals surface area (Å²) in [6.45, 7) is 0. The van der Waals surface area contributed by atoms with Crippen molar-refractivity contribution in [1.29, 1.82) is 0 Å². The van der Waals surface area contributed by atoms with Gasteiger partial charge in [0.15, 0.2) is 0 Å². The van der Waals surface area contributed by atoms with E-state index in [0.29, 0.717) is 6.42 Å². The maximum absolute atomic E-state index is 13.4. The third-order valence-electron chi connectivity index (χ3n) is 3.12. The lowest BCUT2D eigenvalue weighted by atomic mass is 9.75. The Kier molecular flexibility index (Phi) is 3.42. The third kappa shape index (κ3) is 2.11. The van der Waals surface area contributed by atoms with E-state index in [1.807, 2.05) is 0 Å². The van der Waals surface area contributed by atoms with Crippen molar-refractivity contribution >= 4 is 0 Å². The molecule has 0 aromatic rings. The largest absolute Gasteiger partial charge is 0.459 e. The van der Waals surface area contributed by atoms with Gasteiger partial charge in [0, 0.05) is 0 Å². The molecule has 0 aromatic heterocycles. The van der Waals surface area contributed by atoms with Crippen LogP contribution in [-0.2, 0) is 0 Å². The molecule has 0 radical (unpaired) electrons. The van der Waals surface area contributed by atoms with E-state index in [9.17, 15) is 30.7 Å². The molecule has 1 saturated carbocycles. The van der Waals surface area contributed by atoms with E-state index in [0.717, 1.165) is 0 Å². The van der Waals surface area contributed by atoms with Crippen LogP contribution in [0.4, 0.5) is 30.7 Å². The lowest BCUT2D eigenvalue weighted by Gasteiger charge is -2.43. The molecule has 2 N–H and O–H groups in total. The summed E-state index contributed by atoms with van der Waals surface area (Å²) in [6, 6.07) is 0. The van der Waals surface area contributed by atoms with E-state index >= 15 is 0 Å². The molecule has 0 unspecified atom stereocenters. The van der Waals surface area contributed by atoms with E-state index in [1.165, 1.54) is 0 Å². The fourth-order valence-corrected chi connectivity index (χ4v) is 1.99. The summed E-state index contributed by atoms with van der Waals surface area (Å²) in [4.78, 5) is 0. The van der Waals surface area contributed by atoms with Gasteiger partial charge in [0.05, 0.1) is 5.54 Å². The zero-order valence-corrected chi connectivity index (χ0v) is 8.76. The second-order valence-corrected chi connectivity index (χ2v) is 4.36. The first kappa shape index (κ1) is 14.5. The molecule has 1 nitrogen and oxygen atoms in total. The number of hydrogen-bond donors (Lipinski definition) is 1. The van der Waals surface area contributed by atoms with E-state index in [-0.39, 0.29) is 12.8 Å². The number of rotatable bonds is 2. The van der Waals surface area contributed by atoms with Crippen LogP contribution in [0.2, 0.25) is 0 Å². The smallest absolute Gasteiger partial charge is 0.320 e. The zero-order chi connectivity index (χ0) is 13.5. The Labute approximate surface area is 93.2 Å². The lowest BCUT2D eigenvalue weighted by molar-refractivity contribution is -0.370. The first-order valence-corrected chi connectivity index (χ1v) is 5.07. The van der Waals surface area contributed by atoms with Crippen LogP contribution in [0.25, 0.3) is 0 Å². The minimum Gasteiger partial charge on any atom is -0.320 e. The van der Waals surface area contributed by atoms with Crippen molar-refractivity contribution in [3.05, 3.63) is 0 Å². The quantitative estimate of drug-likeness (QED) is 0.761. The minimum atomic E-state index is -6.31. The highest BCUT2D eigenvalue weighted by Gasteiger charge is 2.78. The van der Waals surface area contributed by atoms with Crippen LogP contribution in [0.5, 0.6) is 0 Å². The fraction of sp³-hybridized carbons (Fsp3) is 1.00. The van der Waals surface area contributed by atoms with Crippen molar-refractivity contribution in [1.82, 2.24) is 0 Å². The zero-order valence-electron chi connectivity index (χ0n) is 8.76. The van der Waals surface area contributed by atoms with Crippen molar-refractivity contribution in [3.8, 4) is 0 Å². The molecule has 1 aliphatic rings. The molecule has 1 aliphatic carbocycles. The molecule has 0 atom stereocenters. The average Bonchev–Trinajstić information content (AvgIpc) is 2.16. The second kappa shape index (κ2) is 4.00. The van der Waals surface area contributed by atoms with Crippen molar-refractivity contribution in [2.75, 3.05) is 0 Å². The highest BCUT2D eigenvalue weighted by molar-refractivity contribution is 5.08. The first-order valence-electron chi connectivity index (χ1n) is 5.07. The number of alkyl halides is 7. The van der Waals surface area contributed by atoms with Crippen LogP contribution >= 0.6 is 0 Å². The summed E-state index contributed by atoms with van der Waals surface area (Å²) in [6.07, 6.45) is -6.62. The topological polar surface area (TPSA) is 26.0 Å². The Morgan fingerprint density at radius 3 is 1.53 bits per heavy atom. The van der Waals surface area contributed by atoms with Crippen LogP contribution in [-0.4, -0.2) is 23.6 Å². The first-order chi connectivity index (χ1) is 7.46. The van der Waals surface area contributed by atoms with Crippen LogP contribution < -0.4 is 5.73 Å². The standard InChI is InChI=1S/C9H12F7N/c10-7(11,8(12,13)9(14,15)16)6(17)4-2-1-3-5-6/h1-5,17H2. The molecular weight excluding hydrogens is 255 g/mol. The summed E-state index contributed by atoms with van der Waals surface area (Å²) in [5, 5.41) is 0. The summed E-state index contributed by atoms with van der Waals surface area (Å²) < 4.78 is 88.2. The minimum absolute atomic E-state index is 0.125. The summed E-state index contributed by atoms with van der Waals surface area (Å²) in [5.74, 6) is -11.4. The molecule has 102 valence electrons. The summed E-state index contributed by atoms with van der Waals surface area (Å²) in [5.41, 5.74) is 2.30. The van der Waals surface area contributed by atoms with Crippen molar-refractivity contribution in [2.45, 2.75) is 55.7 Å². The van der Waals surface area contributed by atoms with Gasteiger partial charge in [-0.25, -0.2) is 0 Å². The van der Waals surface area contributed by atoms with Gasteiger partial charge in [-0.3, -0.25) is 0 Å².